The van der Waals surface area contributed by atoms with Gasteiger partial charge in [-0.25, -0.2) is 0 Å². The van der Waals surface area contributed by atoms with Crippen molar-refractivity contribution in [1.29, 1.82) is 0 Å². The third-order valence-corrected chi connectivity index (χ3v) is 2.17. The molecule has 0 heterocycles. The second-order valence-corrected chi connectivity index (χ2v) is 3.63. The number of methoxy groups -OCH3 is 1. The zero-order valence-corrected chi connectivity index (χ0v) is 9.77. The molecule has 2 N–H and O–H groups in total. The van der Waals surface area contributed by atoms with Crippen LogP contribution in [0.15, 0.2) is 24.3 Å². The van der Waals surface area contributed by atoms with Gasteiger partial charge in [0.25, 0.3) is 0 Å². The Morgan fingerprint density at radius 1 is 1.31 bits per heavy atom. The summed E-state index contributed by atoms with van der Waals surface area (Å²) in [5, 5.41) is 12.1. The fraction of sp³-hybridized carbons (Fsp3) is 0.500. The molecular weight excluding hydrogens is 206 g/mol. The van der Waals surface area contributed by atoms with Crippen LogP contribution < -0.4 is 10.1 Å². The zero-order valence-electron chi connectivity index (χ0n) is 9.77. The van der Waals surface area contributed by atoms with Gasteiger partial charge in [0, 0.05) is 25.4 Å². The number of rotatable bonds is 7. The highest BCUT2D eigenvalue weighted by Gasteiger charge is 2.01. The molecule has 1 rings (SSSR count). The van der Waals surface area contributed by atoms with Crippen LogP contribution in [0.3, 0.4) is 0 Å². The second kappa shape index (κ2) is 7.09. The third kappa shape index (κ3) is 4.51. The van der Waals surface area contributed by atoms with Crippen molar-refractivity contribution in [3.8, 4) is 5.75 Å². The van der Waals surface area contributed by atoms with E-state index in [0.717, 1.165) is 17.9 Å². The number of hydrogen-bond donors (Lipinski definition) is 2. The highest BCUT2D eigenvalue weighted by molar-refractivity contribution is 5.46. The van der Waals surface area contributed by atoms with E-state index in [4.69, 9.17) is 14.6 Å². The first kappa shape index (κ1) is 12.8. The first-order valence-corrected chi connectivity index (χ1v) is 5.35. The maximum atomic E-state index is 8.78. The molecule has 0 radical (unpaired) electrons. The molecule has 0 bridgehead atoms. The smallest absolute Gasteiger partial charge is 0.188 e. The van der Waals surface area contributed by atoms with Gasteiger partial charge >= 0.3 is 0 Å². The molecule has 0 aliphatic rings. The van der Waals surface area contributed by atoms with Crippen LogP contribution in [-0.2, 0) is 4.74 Å². The van der Waals surface area contributed by atoms with Crippen molar-refractivity contribution >= 4 is 5.69 Å². The molecule has 0 saturated carbocycles. The van der Waals surface area contributed by atoms with Crippen LogP contribution in [-0.4, -0.2) is 31.7 Å². The van der Waals surface area contributed by atoms with E-state index in [0.29, 0.717) is 0 Å². The lowest BCUT2D eigenvalue weighted by atomic mass is 10.2. The van der Waals surface area contributed by atoms with Crippen molar-refractivity contribution in [2.45, 2.75) is 19.4 Å². The van der Waals surface area contributed by atoms with E-state index in [-0.39, 0.29) is 19.4 Å². The average molecular weight is 225 g/mol. The van der Waals surface area contributed by atoms with Crippen molar-refractivity contribution in [3.63, 3.8) is 0 Å². The number of ether oxygens (including phenoxy) is 2. The number of aliphatic hydroxyl groups is 1. The molecular formula is C12H19NO3. The third-order valence-electron chi connectivity index (χ3n) is 2.17. The summed E-state index contributed by atoms with van der Waals surface area (Å²) in [6.45, 7) is 2.49. The summed E-state index contributed by atoms with van der Waals surface area (Å²) in [6.07, 6.45) is 0.738. The second-order valence-electron chi connectivity index (χ2n) is 3.63. The molecule has 1 unspecified atom stereocenters. The van der Waals surface area contributed by atoms with E-state index in [1.54, 1.807) is 7.11 Å². The average Bonchev–Trinajstić information content (AvgIpc) is 2.28. The summed E-state index contributed by atoms with van der Waals surface area (Å²) in [4.78, 5) is 0. The van der Waals surface area contributed by atoms with E-state index in [9.17, 15) is 0 Å². The molecule has 0 amide bonds. The summed E-state index contributed by atoms with van der Waals surface area (Å²) in [5.41, 5.74) is 1.02. The van der Waals surface area contributed by atoms with Crippen LogP contribution in [0.4, 0.5) is 5.69 Å². The SMILES string of the molecule is COCOc1ccc(NC(C)CCO)cc1. The number of hydrogen-bond acceptors (Lipinski definition) is 4. The van der Waals surface area contributed by atoms with Crippen LogP contribution in [0.2, 0.25) is 0 Å². The van der Waals surface area contributed by atoms with Gasteiger partial charge in [0.15, 0.2) is 6.79 Å². The molecule has 16 heavy (non-hydrogen) atoms. The molecule has 1 aromatic rings. The van der Waals surface area contributed by atoms with E-state index >= 15 is 0 Å². The Labute approximate surface area is 96.2 Å². The lowest BCUT2D eigenvalue weighted by molar-refractivity contribution is 0.0511. The van der Waals surface area contributed by atoms with Crippen LogP contribution in [0.1, 0.15) is 13.3 Å². The molecule has 1 atom stereocenters. The predicted octanol–water partition coefficient (Wildman–Crippen LogP) is 1.85. The quantitative estimate of drug-likeness (QED) is 0.695. The summed E-state index contributed by atoms with van der Waals surface area (Å²) >= 11 is 0. The van der Waals surface area contributed by atoms with Gasteiger partial charge < -0.3 is 19.9 Å². The van der Waals surface area contributed by atoms with Crippen LogP contribution >= 0.6 is 0 Å². The van der Waals surface area contributed by atoms with Gasteiger partial charge in [0.1, 0.15) is 5.75 Å². The maximum absolute atomic E-state index is 8.78. The van der Waals surface area contributed by atoms with Crippen molar-refractivity contribution in [2.75, 3.05) is 25.8 Å². The van der Waals surface area contributed by atoms with Gasteiger partial charge in [-0.15, -0.1) is 0 Å². The largest absolute Gasteiger partial charge is 0.468 e. The molecule has 4 nitrogen and oxygen atoms in total. The standard InChI is InChI=1S/C12H19NO3/c1-10(7-8-14)13-11-3-5-12(6-4-11)16-9-15-2/h3-6,10,13-14H,7-9H2,1-2H3. The molecule has 0 fully saturated rings. The first-order chi connectivity index (χ1) is 7.76. The molecule has 4 heteroatoms. The minimum Gasteiger partial charge on any atom is -0.468 e. The highest BCUT2D eigenvalue weighted by Crippen LogP contribution is 2.16. The van der Waals surface area contributed by atoms with Gasteiger partial charge in [-0.2, -0.15) is 0 Å². The van der Waals surface area contributed by atoms with Gasteiger partial charge in [0.2, 0.25) is 0 Å². The first-order valence-electron chi connectivity index (χ1n) is 5.35. The molecule has 0 aliphatic heterocycles. The predicted molar refractivity (Wildman–Crippen MR) is 63.7 cm³/mol. The lowest BCUT2D eigenvalue weighted by Crippen LogP contribution is -2.16. The van der Waals surface area contributed by atoms with Gasteiger partial charge in [-0.1, -0.05) is 0 Å². The van der Waals surface area contributed by atoms with Crippen molar-refractivity contribution in [3.05, 3.63) is 24.3 Å². The minimum atomic E-state index is 0.198. The Hall–Kier alpha value is -1.26. The van der Waals surface area contributed by atoms with Crippen LogP contribution in [0, 0.1) is 0 Å². The van der Waals surface area contributed by atoms with Gasteiger partial charge in [-0.05, 0) is 37.6 Å². The molecule has 0 aromatic heterocycles. The number of aliphatic hydroxyl groups excluding tert-OH is 1. The molecule has 90 valence electrons. The summed E-state index contributed by atoms with van der Waals surface area (Å²) < 4.78 is 10.1. The summed E-state index contributed by atoms with van der Waals surface area (Å²) in [6, 6.07) is 7.91. The Bertz CT molecular complexity index is 287. The molecule has 0 spiro atoms. The topological polar surface area (TPSA) is 50.7 Å². The molecule has 0 saturated heterocycles. The fourth-order valence-corrected chi connectivity index (χ4v) is 1.32. The minimum absolute atomic E-state index is 0.198. The van der Waals surface area contributed by atoms with Crippen molar-refractivity contribution < 1.29 is 14.6 Å². The van der Waals surface area contributed by atoms with Crippen molar-refractivity contribution in [2.24, 2.45) is 0 Å². The monoisotopic (exact) mass is 225 g/mol. The Morgan fingerprint density at radius 3 is 2.56 bits per heavy atom. The highest BCUT2D eigenvalue weighted by atomic mass is 16.7. The van der Waals surface area contributed by atoms with Crippen LogP contribution in [0.25, 0.3) is 0 Å². The zero-order chi connectivity index (χ0) is 11.8. The summed E-state index contributed by atoms with van der Waals surface area (Å²) in [7, 11) is 1.59. The van der Waals surface area contributed by atoms with E-state index in [1.807, 2.05) is 31.2 Å². The Morgan fingerprint density at radius 2 is 2.00 bits per heavy atom. The van der Waals surface area contributed by atoms with E-state index < -0.39 is 0 Å². The fourth-order valence-electron chi connectivity index (χ4n) is 1.32. The Kier molecular flexibility index (Phi) is 5.67. The van der Waals surface area contributed by atoms with E-state index in [1.165, 1.54) is 0 Å². The number of anilines is 1. The van der Waals surface area contributed by atoms with E-state index in [2.05, 4.69) is 5.32 Å². The van der Waals surface area contributed by atoms with Gasteiger partial charge in [-0.3, -0.25) is 0 Å². The summed E-state index contributed by atoms with van der Waals surface area (Å²) in [5.74, 6) is 0.780. The van der Waals surface area contributed by atoms with Crippen molar-refractivity contribution in [1.82, 2.24) is 0 Å². The molecule has 0 aliphatic carbocycles. The normalized spacial score (nSPS) is 12.2. The maximum Gasteiger partial charge on any atom is 0.188 e. The number of benzene rings is 1. The Balaban J connectivity index is 2.44. The van der Waals surface area contributed by atoms with Crippen LogP contribution in [0.5, 0.6) is 5.75 Å². The number of nitrogens with one attached hydrogen (secondary N) is 1. The lowest BCUT2D eigenvalue weighted by Gasteiger charge is -2.14. The molecule has 1 aromatic carbocycles. The van der Waals surface area contributed by atoms with Gasteiger partial charge in [0.05, 0.1) is 0 Å².